The number of esters is 1. The van der Waals surface area contributed by atoms with Gasteiger partial charge in [0.1, 0.15) is 0 Å². The summed E-state index contributed by atoms with van der Waals surface area (Å²) in [4.78, 5) is 14.7. The number of methoxy groups -OCH3 is 1. The van der Waals surface area contributed by atoms with E-state index in [1.54, 1.807) is 4.88 Å². The number of carbonyl (C=O) groups excluding carboxylic acids is 1. The average molecular weight is 301 g/mol. The summed E-state index contributed by atoms with van der Waals surface area (Å²) in [6.45, 7) is 1.53. The largest absolute Gasteiger partial charge is 0.465 e. The van der Waals surface area contributed by atoms with E-state index >= 15 is 0 Å². The number of hydrogen-bond acceptors (Lipinski definition) is 4. The van der Waals surface area contributed by atoms with Gasteiger partial charge in [-0.25, -0.2) is 4.79 Å². The van der Waals surface area contributed by atoms with Crippen LogP contribution in [0.5, 0.6) is 0 Å². The first-order chi connectivity index (χ1) is 10.3. The Morgan fingerprint density at radius 2 is 2.14 bits per heavy atom. The number of thiophene rings is 1. The van der Waals surface area contributed by atoms with Crippen molar-refractivity contribution < 1.29 is 9.53 Å². The van der Waals surface area contributed by atoms with Gasteiger partial charge in [0.2, 0.25) is 0 Å². The highest BCUT2D eigenvalue weighted by Gasteiger charge is 2.15. The van der Waals surface area contributed by atoms with Crippen molar-refractivity contribution >= 4 is 17.3 Å². The second kappa shape index (κ2) is 6.41. The summed E-state index contributed by atoms with van der Waals surface area (Å²) < 4.78 is 4.82. The zero-order chi connectivity index (χ0) is 14.7. The van der Waals surface area contributed by atoms with Gasteiger partial charge in [0.25, 0.3) is 0 Å². The Hall–Kier alpha value is -1.65. The molecule has 1 aliphatic carbocycles. The number of aryl methyl sites for hydroxylation is 2. The van der Waals surface area contributed by atoms with Crippen LogP contribution in [0.3, 0.4) is 0 Å². The van der Waals surface area contributed by atoms with Crippen LogP contribution in [-0.2, 0) is 30.7 Å². The highest BCUT2D eigenvalue weighted by Crippen LogP contribution is 2.30. The van der Waals surface area contributed by atoms with Gasteiger partial charge in [-0.05, 0) is 42.5 Å². The lowest BCUT2D eigenvalue weighted by molar-refractivity contribution is 0.0599. The summed E-state index contributed by atoms with van der Waals surface area (Å²) in [6.07, 6.45) is 3.78. The van der Waals surface area contributed by atoms with Crippen LogP contribution in [0.4, 0.5) is 0 Å². The first-order valence-electron chi connectivity index (χ1n) is 7.25. The predicted octanol–water partition coefficient (Wildman–Crippen LogP) is 3.31. The fraction of sp³-hybridized carbons (Fsp3) is 0.353. The van der Waals surface area contributed by atoms with Crippen molar-refractivity contribution in [2.75, 3.05) is 7.11 Å². The van der Waals surface area contributed by atoms with Crippen LogP contribution in [0.15, 0.2) is 30.3 Å². The van der Waals surface area contributed by atoms with Crippen LogP contribution in [0.25, 0.3) is 0 Å². The first-order valence-corrected chi connectivity index (χ1v) is 8.07. The molecule has 1 heterocycles. The molecular formula is C17H19NO2S. The molecule has 1 aromatic heterocycles. The predicted molar refractivity (Wildman–Crippen MR) is 84.7 cm³/mol. The number of nitrogens with one attached hydrogen (secondary N) is 1. The molecule has 0 atom stereocenters. The van der Waals surface area contributed by atoms with E-state index in [1.807, 2.05) is 35.6 Å². The molecule has 3 rings (SSSR count). The minimum Gasteiger partial charge on any atom is -0.465 e. The molecule has 0 saturated heterocycles. The van der Waals surface area contributed by atoms with E-state index in [-0.39, 0.29) is 5.97 Å². The molecule has 0 fully saturated rings. The second-order valence-electron chi connectivity index (χ2n) is 5.27. The molecule has 0 aliphatic heterocycles. The van der Waals surface area contributed by atoms with Gasteiger partial charge in [-0.2, -0.15) is 0 Å². The van der Waals surface area contributed by atoms with Crippen LogP contribution >= 0.6 is 11.3 Å². The Morgan fingerprint density at radius 1 is 1.29 bits per heavy atom. The van der Waals surface area contributed by atoms with Crippen LogP contribution in [0.1, 0.15) is 37.7 Å². The molecule has 0 radical (unpaired) electrons. The fourth-order valence-electron chi connectivity index (χ4n) is 2.78. The van der Waals surface area contributed by atoms with Crippen LogP contribution in [0.2, 0.25) is 0 Å². The Bertz CT molecular complexity index is 626. The topological polar surface area (TPSA) is 38.3 Å². The molecule has 0 unspecified atom stereocenters. The summed E-state index contributed by atoms with van der Waals surface area (Å²) >= 11 is 1.92. The van der Waals surface area contributed by atoms with E-state index in [4.69, 9.17) is 4.74 Å². The Labute approximate surface area is 129 Å². The molecule has 0 saturated carbocycles. The van der Waals surface area contributed by atoms with E-state index in [0.717, 1.165) is 12.1 Å². The van der Waals surface area contributed by atoms with Gasteiger partial charge >= 0.3 is 5.97 Å². The molecule has 0 amide bonds. The van der Waals surface area contributed by atoms with Gasteiger partial charge in [0.15, 0.2) is 0 Å². The van der Waals surface area contributed by atoms with Gasteiger partial charge in [-0.3, -0.25) is 0 Å². The SMILES string of the molecule is COC(=O)c1ccccc1CNCc1cc2c(s1)CCC2. The van der Waals surface area contributed by atoms with Crippen molar-refractivity contribution in [2.45, 2.75) is 32.4 Å². The van der Waals surface area contributed by atoms with E-state index in [1.165, 1.54) is 36.8 Å². The lowest BCUT2D eigenvalue weighted by Crippen LogP contribution is -2.15. The lowest BCUT2D eigenvalue weighted by atomic mass is 10.1. The van der Waals surface area contributed by atoms with Crippen LogP contribution in [0, 0.1) is 0 Å². The number of benzene rings is 1. The molecule has 4 heteroatoms. The smallest absolute Gasteiger partial charge is 0.338 e. The highest BCUT2D eigenvalue weighted by atomic mass is 32.1. The summed E-state index contributed by atoms with van der Waals surface area (Å²) in [7, 11) is 1.42. The molecule has 21 heavy (non-hydrogen) atoms. The normalized spacial score (nSPS) is 13.2. The highest BCUT2D eigenvalue weighted by molar-refractivity contribution is 7.12. The zero-order valence-corrected chi connectivity index (χ0v) is 13.0. The number of fused-ring (bicyclic) bond motifs is 1. The third-order valence-electron chi connectivity index (χ3n) is 3.83. The summed E-state index contributed by atoms with van der Waals surface area (Å²) in [5.41, 5.74) is 3.15. The van der Waals surface area contributed by atoms with Crippen molar-refractivity contribution in [1.29, 1.82) is 0 Å². The third-order valence-corrected chi connectivity index (χ3v) is 5.07. The standard InChI is InChI=1S/C17H19NO2S/c1-20-17(19)15-7-3-2-5-13(15)10-18-11-14-9-12-6-4-8-16(12)21-14/h2-3,5,7,9,18H,4,6,8,10-11H2,1H3. The maximum Gasteiger partial charge on any atom is 0.338 e. The molecule has 1 N–H and O–H groups in total. The van der Waals surface area contributed by atoms with E-state index in [9.17, 15) is 4.79 Å². The minimum absolute atomic E-state index is 0.275. The van der Waals surface area contributed by atoms with Crippen LogP contribution in [-0.4, -0.2) is 13.1 Å². The van der Waals surface area contributed by atoms with Crippen molar-refractivity contribution in [3.05, 3.63) is 56.8 Å². The van der Waals surface area contributed by atoms with E-state index in [0.29, 0.717) is 12.1 Å². The Kier molecular flexibility index (Phi) is 4.36. The third kappa shape index (κ3) is 3.17. The monoisotopic (exact) mass is 301 g/mol. The quantitative estimate of drug-likeness (QED) is 0.861. The molecule has 0 spiro atoms. The lowest BCUT2D eigenvalue weighted by Gasteiger charge is -2.08. The summed E-state index contributed by atoms with van der Waals surface area (Å²) in [5.74, 6) is -0.275. The molecule has 1 aliphatic rings. The first kappa shape index (κ1) is 14.3. The fourth-order valence-corrected chi connectivity index (χ4v) is 4.01. The van der Waals surface area contributed by atoms with Crippen molar-refractivity contribution in [2.24, 2.45) is 0 Å². The average Bonchev–Trinajstić information content (AvgIpc) is 3.08. The van der Waals surface area contributed by atoms with Crippen LogP contribution < -0.4 is 5.32 Å². The maximum absolute atomic E-state index is 11.7. The van der Waals surface area contributed by atoms with E-state index in [2.05, 4.69) is 11.4 Å². The van der Waals surface area contributed by atoms with E-state index < -0.39 is 0 Å². The van der Waals surface area contributed by atoms with Gasteiger partial charge in [0.05, 0.1) is 12.7 Å². The summed E-state index contributed by atoms with van der Waals surface area (Å²) in [6, 6.07) is 9.91. The molecule has 1 aromatic carbocycles. The molecule has 3 nitrogen and oxygen atoms in total. The molecule has 0 bridgehead atoms. The van der Waals surface area contributed by atoms with Gasteiger partial charge in [0, 0.05) is 22.8 Å². The van der Waals surface area contributed by atoms with Crippen molar-refractivity contribution in [3.8, 4) is 0 Å². The van der Waals surface area contributed by atoms with Crippen molar-refractivity contribution in [1.82, 2.24) is 5.32 Å². The van der Waals surface area contributed by atoms with Gasteiger partial charge < -0.3 is 10.1 Å². The maximum atomic E-state index is 11.7. The number of hydrogen-bond donors (Lipinski definition) is 1. The molecular weight excluding hydrogens is 282 g/mol. The summed E-state index contributed by atoms with van der Waals surface area (Å²) in [5, 5.41) is 3.43. The van der Waals surface area contributed by atoms with Crippen molar-refractivity contribution in [3.63, 3.8) is 0 Å². The zero-order valence-electron chi connectivity index (χ0n) is 12.1. The minimum atomic E-state index is -0.275. The molecule has 2 aromatic rings. The molecule has 110 valence electrons. The number of ether oxygens (including phenoxy) is 1. The van der Waals surface area contributed by atoms with Gasteiger partial charge in [-0.1, -0.05) is 18.2 Å². The van der Waals surface area contributed by atoms with Gasteiger partial charge in [-0.15, -0.1) is 11.3 Å². The number of rotatable bonds is 5. The Balaban J connectivity index is 1.61. The second-order valence-corrected chi connectivity index (χ2v) is 6.49. The Morgan fingerprint density at radius 3 is 2.95 bits per heavy atom. The number of carbonyl (C=O) groups is 1.